The number of hydrogen-bond donors (Lipinski definition) is 1. The van der Waals surface area contributed by atoms with E-state index >= 15 is 0 Å². The normalized spacial score (nSPS) is 26.0. The molecule has 0 saturated heterocycles. The van der Waals surface area contributed by atoms with Gasteiger partial charge >= 0.3 is 0 Å². The van der Waals surface area contributed by atoms with Gasteiger partial charge in [-0.1, -0.05) is 53.4 Å². The van der Waals surface area contributed by atoms with Crippen LogP contribution in [-0.2, 0) is 6.42 Å². The highest BCUT2D eigenvalue weighted by molar-refractivity contribution is 9.10. The molecule has 0 heterocycles. The second-order valence-electron chi connectivity index (χ2n) is 5.54. The van der Waals surface area contributed by atoms with E-state index in [1.54, 1.807) is 0 Å². The topological polar surface area (TPSA) is 20.2 Å². The fraction of sp³-hybridized carbons (Fsp3) is 0.600. The second-order valence-corrected chi connectivity index (χ2v) is 6.86. The molecule has 1 nitrogen and oxygen atoms in total. The van der Waals surface area contributed by atoms with Crippen molar-refractivity contribution in [1.82, 2.24) is 0 Å². The highest BCUT2D eigenvalue weighted by Gasteiger charge is 2.25. The molecule has 0 amide bonds. The summed E-state index contributed by atoms with van der Waals surface area (Å²) in [5.74, 6) is 1.19. The van der Waals surface area contributed by atoms with Crippen molar-refractivity contribution in [3.63, 3.8) is 0 Å². The molecular weight excluding hydrogens is 312 g/mol. The summed E-state index contributed by atoms with van der Waals surface area (Å²) in [5.41, 5.74) is 1.05. The highest BCUT2D eigenvalue weighted by Crippen LogP contribution is 2.33. The summed E-state index contributed by atoms with van der Waals surface area (Å²) in [6.45, 7) is 2.28. The van der Waals surface area contributed by atoms with Gasteiger partial charge in [0.15, 0.2) is 0 Å². The smallest absolute Gasteiger partial charge is 0.0609 e. The summed E-state index contributed by atoms with van der Waals surface area (Å²) in [4.78, 5) is 0. The zero-order valence-electron chi connectivity index (χ0n) is 10.7. The monoisotopic (exact) mass is 330 g/mol. The van der Waals surface area contributed by atoms with Crippen LogP contribution in [0.25, 0.3) is 0 Å². The van der Waals surface area contributed by atoms with Gasteiger partial charge in [-0.25, -0.2) is 0 Å². The van der Waals surface area contributed by atoms with Gasteiger partial charge in [-0.15, -0.1) is 0 Å². The zero-order valence-corrected chi connectivity index (χ0v) is 13.0. The molecule has 2 rings (SSSR count). The molecule has 1 aromatic rings. The van der Waals surface area contributed by atoms with Crippen LogP contribution in [0.15, 0.2) is 22.7 Å². The van der Waals surface area contributed by atoms with E-state index < -0.39 is 0 Å². The van der Waals surface area contributed by atoms with Crippen LogP contribution in [0.3, 0.4) is 0 Å². The lowest BCUT2D eigenvalue weighted by molar-refractivity contribution is 0.0720. The summed E-state index contributed by atoms with van der Waals surface area (Å²) in [7, 11) is 0. The van der Waals surface area contributed by atoms with Gasteiger partial charge in [0.25, 0.3) is 0 Å². The summed E-state index contributed by atoms with van der Waals surface area (Å²) < 4.78 is 0.983. The van der Waals surface area contributed by atoms with Crippen molar-refractivity contribution >= 4 is 27.5 Å². The van der Waals surface area contributed by atoms with Crippen LogP contribution >= 0.6 is 27.5 Å². The Morgan fingerprint density at radius 2 is 2.22 bits per heavy atom. The number of hydrogen-bond acceptors (Lipinski definition) is 1. The molecule has 1 saturated carbocycles. The maximum absolute atomic E-state index is 10.4. The maximum Gasteiger partial charge on any atom is 0.0609 e. The third-order valence-corrected chi connectivity index (χ3v) is 4.81. The minimum atomic E-state index is -0.258. The minimum absolute atomic E-state index is 0.258. The van der Waals surface area contributed by atoms with E-state index in [0.717, 1.165) is 33.8 Å². The Labute approximate surface area is 123 Å². The fourth-order valence-electron chi connectivity index (χ4n) is 2.91. The van der Waals surface area contributed by atoms with Crippen LogP contribution in [0.1, 0.15) is 38.2 Å². The number of aliphatic hydroxyl groups excluding tert-OH is 1. The maximum atomic E-state index is 10.4. The lowest BCUT2D eigenvalue weighted by Crippen LogP contribution is -2.27. The largest absolute Gasteiger partial charge is 0.392 e. The second kappa shape index (κ2) is 6.40. The summed E-state index contributed by atoms with van der Waals surface area (Å²) in [6, 6.07) is 5.88. The van der Waals surface area contributed by atoms with Gasteiger partial charge in [-0.2, -0.15) is 0 Å². The van der Waals surface area contributed by atoms with E-state index in [9.17, 15) is 5.11 Å². The van der Waals surface area contributed by atoms with E-state index in [1.807, 2.05) is 18.2 Å². The number of aliphatic hydroxyl groups is 1. The molecule has 3 heteroatoms. The first-order chi connectivity index (χ1) is 8.56. The summed E-state index contributed by atoms with van der Waals surface area (Å²) in [5, 5.41) is 11.1. The molecule has 1 aliphatic rings. The Morgan fingerprint density at radius 3 is 2.89 bits per heavy atom. The predicted molar refractivity (Wildman–Crippen MR) is 80.0 cm³/mol. The average Bonchev–Trinajstić information content (AvgIpc) is 2.32. The van der Waals surface area contributed by atoms with Crippen molar-refractivity contribution in [3.8, 4) is 0 Å². The molecule has 0 spiro atoms. The molecule has 100 valence electrons. The van der Waals surface area contributed by atoms with Crippen molar-refractivity contribution in [1.29, 1.82) is 0 Å². The molecule has 0 aromatic heterocycles. The van der Waals surface area contributed by atoms with Gasteiger partial charge in [0.05, 0.1) is 6.10 Å². The minimum Gasteiger partial charge on any atom is -0.392 e. The van der Waals surface area contributed by atoms with E-state index in [4.69, 9.17) is 11.6 Å². The van der Waals surface area contributed by atoms with E-state index in [-0.39, 0.29) is 6.10 Å². The Bertz CT molecular complexity index is 407. The Morgan fingerprint density at radius 1 is 1.44 bits per heavy atom. The van der Waals surface area contributed by atoms with Gasteiger partial charge < -0.3 is 5.11 Å². The van der Waals surface area contributed by atoms with E-state index in [2.05, 4.69) is 22.9 Å². The first-order valence-electron chi connectivity index (χ1n) is 6.68. The van der Waals surface area contributed by atoms with Crippen LogP contribution in [0, 0.1) is 11.8 Å². The molecule has 3 unspecified atom stereocenters. The van der Waals surface area contributed by atoms with Gasteiger partial charge in [0, 0.05) is 15.9 Å². The molecule has 18 heavy (non-hydrogen) atoms. The number of benzene rings is 1. The van der Waals surface area contributed by atoms with Crippen LogP contribution in [-0.4, -0.2) is 11.2 Å². The lowest BCUT2D eigenvalue weighted by Gasteiger charge is -2.30. The molecule has 3 atom stereocenters. The Balaban J connectivity index is 1.99. The van der Waals surface area contributed by atoms with Crippen LogP contribution in [0.5, 0.6) is 0 Å². The summed E-state index contributed by atoms with van der Waals surface area (Å²) in [6.07, 6.45) is 5.27. The standard InChI is InChI=1S/C15H20BrClO/c1-10-3-2-4-12(7-10)15(18)8-11-5-6-13(16)9-14(11)17/h5-6,9-10,12,15,18H,2-4,7-8H2,1H3. The predicted octanol–water partition coefficient (Wildman–Crippen LogP) is 4.83. The number of rotatable bonds is 3. The van der Waals surface area contributed by atoms with Crippen LogP contribution < -0.4 is 0 Å². The molecule has 1 fully saturated rings. The van der Waals surface area contributed by atoms with Crippen molar-refractivity contribution < 1.29 is 5.11 Å². The highest BCUT2D eigenvalue weighted by atomic mass is 79.9. The van der Waals surface area contributed by atoms with Gasteiger partial charge in [-0.05, 0) is 42.4 Å². The zero-order chi connectivity index (χ0) is 13.1. The Hall–Kier alpha value is -0.0500. The van der Waals surface area contributed by atoms with E-state index in [0.29, 0.717) is 12.3 Å². The SMILES string of the molecule is CC1CCCC(C(O)Cc2ccc(Br)cc2Cl)C1. The number of halogens is 2. The molecule has 0 radical (unpaired) electrons. The van der Waals surface area contributed by atoms with Crippen molar-refractivity contribution in [2.75, 3.05) is 0 Å². The van der Waals surface area contributed by atoms with Crippen molar-refractivity contribution in [2.24, 2.45) is 11.8 Å². The molecule has 1 N–H and O–H groups in total. The van der Waals surface area contributed by atoms with Crippen molar-refractivity contribution in [3.05, 3.63) is 33.3 Å². The van der Waals surface area contributed by atoms with E-state index in [1.165, 1.54) is 12.8 Å². The molecule has 0 aliphatic heterocycles. The molecular formula is C15H20BrClO. The average molecular weight is 332 g/mol. The molecule has 0 bridgehead atoms. The van der Waals surface area contributed by atoms with Crippen LogP contribution in [0.2, 0.25) is 5.02 Å². The van der Waals surface area contributed by atoms with Gasteiger partial charge in [-0.3, -0.25) is 0 Å². The third-order valence-electron chi connectivity index (χ3n) is 3.97. The quantitative estimate of drug-likeness (QED) is 0.841. The summed E-state index contributed by atoms with van der Waals surface area (Å²) >= 11 is 9.60. The first kappa shape index (κ1) is 14.4. The van der Waals surface area contributed by atoms with Gasteiger partial charge in [0.2, 0.25) is 0 Å². The molecule has 1 aromatic carbocycles. The van der Waals surface area contributed by atoms with Crippen LogP contribution in [0.4, 0.5) is 0 Å². The lowest BCUT2D eigenvalue weighted by atomic mass is 9.78. The Kier molecular flexibility index (Phi) is 5.11. The third kappa shape index (κ3) is 3.72. The van der Waals surface area contributed by atoms with Gasteiger partial charge in [0.1, 0.15) is 0 Å². The fourth-order valence-corrected chi connectivity index (χ4v) is 3.66. The van der Waals surface area contributed by atoms with Crippen molar-refractivity contribution in [2.45, 2.75) is 45.1 Å². The first-order valence-corrected chi connectivity index (χ1v) is 7.85. The molecule has 1 aliphatic carbocycles.